The molecule has 1 heterocycles. The minimum atomic E-state index is -2.85. The van der Waals surface area contributed by atoms with Crippen LogP contribution >= 0.6 is 0 Å². The molecule has 0 saturated carbocycles. The lowest BCUT2D eigenvalue weighted by Crippen LogP contribution is -2.43. The van der Waals surface area contributed by atoms with Gasteiger partial charge in [-0.3, -0.25) is 4.79 Å². The maximum Gasteiger partial charge on any atom is 0.233 e. The summed E-state index contributed by atoms with van der Waals surface area (Å²) < 4.78 is 22.3. The van der Waals surface area contributed by atoms with Gasteiger partial charge < -0.3 is 10.6 Å². The molecule has 0 unspecified atom stereocenters. The second kappa shape index (κ2) is 6.57. The minimum Gasteiger partial charge on any atom is -0.354 e. The highest BCUT2D eigenvalue weighted by Gasteiger charge is 2.23. The van der Waals surface area contributed by atoms with Gasteiger partial charge in [-0.15, -0.1) is 0 Å². The third-order valence-corrected chi connectivity index (χ3v) is 4.38. The lowest BCUT2D eigenvalue weighted by Gasteiger charge is -2.22. The van der Waals surface area contributed by atoms with Gasteiger partial charge in [0.15, 0.2) is 0 Å². The molecule has 0 aromatic carbocycles. The molecule has 0 radical (unpaired) electrons. The molecule has 17 heavy (non-hydrogen) atoms. The number of hydrogen-bond donors (Lipinski definition) is 2. The maximum atomic E-state index is 11.3. The molecule has 0 bridgehead atoms. The largest absolute Gasteiger partial charge is 0.354 e. The molecular weight excluding hydrogens is 242 g/mol. The van der Waals surface area contributed by atoms with Crippen LogP contribution in [0.3, 0.4) is 0 Å². The molecule has 0 aromatic heterocycles. The highest BCUT2D eigenvalue weighted by Crippen LogP contribution is 2.11. The van der Waals surface area contributed by atoms with Crippen molar-refractivity contribution in [3.05, 3.63) is 0 Å². The van der Waals surface area contributed by atoms with Gasteiger partial charge in [-0.05, 0) is 12.8 Å². The quantitative estimate of drug-likeness (QED) is 0.629. The zero-order valence-corrected chi connectivity index (χ0v) is 10.4. The van der Waals surface area contributed by atoms with Crippen molar-refractivity contribution in [3.63, 3.8) is 0 Å². The zero-order valence-electron chi connectivity index (χ0n) is 9.61. The molecule has 0 aliphatic carbocycles. The van der Waals surface area contributed by atoms with Crippen LogP contribution in [-0.4, -0.2) is 45.0 Å². The van der Waals surface area contributed by atoms with Crippen molar-refractivity contribution in [2.75, 3.05) is 24.6 Å². The lowest BCUT2D eigenvalue weighted by atomic mass is 10.1. The van der Waals surface area contributed by atoms with Gasteiger partial charge in [-0.25, -0.2) is 8.42 Å². The van der Waals surface area contributed by atoms with E-state index in [9.17, 15) is 13.2 Å². The first-order chi connectivity index (χ1) is 8.03. The lowest BCUT2D eigenvalue weighted by molar-refractivity contribution is -0.120. The maximum absolute atomic E-state index is 11.3. The first kappa shape index (κ1) is 13.9. The molecule has 2 N–H and O–H groups in total. The van der Waals surface area contributed by atoms with E-state index in [-0.39, 0.29) is 30.0 Å². The number of rotatable bonds is 5. The summed E-state index contributed by atoms with van der Waals surface area (Å²) in [6.45, 7) is 0.534. The first-order valence-corrected chi connectivity index (χ1v) is 7.43. The summed E-state index contributed by atoms with van der Waals surface area (Å²) >= 11 is 0. The summed E-state index contributed by atoms with van der Waals surface area (Å²) in [7, 11) is -2.85. The van der Waals surface area contributed by atoms with E-state index in [0.717, 1.165) is 0 Å². The Balaban J connectivity index is 2.15. The van der Waals surface area contributed by atoms with E-state index in [1.165, 1.54) is 0 Å². The SMILES string of the molecule is N#CCCNC(=O)CNC1CCS(=O)(=O)CC1. The molecule has 7 heteroatoms. The van der Waals surface area contributed by atoms with Gasteiger partial charge in [0.25, 0.3) is 0 Å². The van der Waals surface area contributed by atoms with Gasteiger partial charge in [-0.1, -0.05) is 0 Å². The van der Waals surface area contributed by atoms with Crippen molar-refractivity contribution in [3.8, 4) is 6.07 Å². The van der Waals surface area contributed by atoms with E-state index < -0.39 is 9.84 Å². The van der Waals surface area contributed by atoms with E-state index in [4.69, 9.17) is 5.26 Å². The average Bonchev–Trinajstić information content (AvgIpc) is 2.28. The third-order valence-electron chi connectivity index (χ3n) is 2.66. The standard InChI is InChI=1S/C10H17N3O3S/c11-4-1-5-12-10(14)8-13-9-2-6-17(15,16)7-3-9/h9,13H,1-3,5-8H2,(H,12,14). The van der Waals surface area contributed by atoms with E-state index >= 15 is 0 Å². The number of carbonyl (C=O) groups is 1. The van der Waals surface area contributed by atoms with E-state index in [0.29, 0.717) is 25.8 Å². The van der Waals surface area contributed by atoms with E-state index in [2.05, 4.69) is 10.6 Å². The van der Waals surface area contributed by atoms with E-state index in [1.807, 2.05) is 6.07 Å². The summed E-state index contributed by atoms with van der Waals surface area (Å²) in [5.74, 6) is 0.232. The molecular formula is C10H17N3O3S. The third kappa shape index (κ3) is 5.65. The normalized spacial score (nSPS) is 19.5. The van der Waals surface area contributed by atoms with Crippen molar-refractivity contribution in [2.24, 2.45) is 0 Å². The fourth-order valence-electron chi connectivity index (χ4n) is 1.65. The molecule has 1 fully saturated rings. The number of amides is 1. The topological polar surface area (TPSA) is 99.1 Å². The Labute approximate surface area is 101 Å². The molecule has 0 spiro atoms. The number of nitriles is 1. The summed E-state index contributed by atoms with van der Waals surface area (Å²) in [5, 5.41) is 13.9. The number of nitrogens with one attached hydrogen (secondary N) is 2. The fraction of sp³-hybridized carbons (Fsp3) is 0.800. The Hall–Kier alpha value is -1.13. The van der Waals surface area contributed by atoms with E-state index in [1.54, 1.807) is 0 Å². The Morgan fingerprint density at radius 2 is 2.00 bits per heavy atom. The number of nitrogens with zero attached hydrogens (tertiary/aromatic N) is 1. The van der Waals surface area contributed by atoms with Gasteiger partial charge in [-0.2, -0.15) is 5.26 Å². The van der Waals surface area contributed by atoms with Gasteiger partial charge in [0.1, 0.15) is 9.84 Å². The highest BCUT2D eigenvalue weighted by molar-refractivity contribution is 7.91. The number of sulfone groups is 1. The number of carbonyl (C=O) groups excluding carboxylic acids is 1. The Morgan fingerprint density at radius 1 is 1.35 bits per heavy atom. The van der Waals surface area contributed by atoms with Crippen LogP contribution in [0.15, 0.2) is 0 Å². The summed E-state index contributed by atoms with van der Waals surface area (Å²) in [6.07, 6.45) is 1.43. The average molecular weight is 259 g/mol. The molecule has 1 aliphatic rings. The van der Waals surface area contributed by atoms with Crippen LogP contribution in [0.1, 0.15) is 19.3 Å². The predicted molar refractivity (Wildman–Crippen MR) is 62.9 cm³/mol. The molecule has 1 saturated heterocycles. The Morgan fingerprint density at radius 3 is 2.59 bits per heavy atom. The van der Waals surface area contributed by atoms with Gasteiger partial charge in [0, 0.05) is 12.6 Å². The summed E-state index contributed by atoms with van der Waals surface area (Å²) in [6, 6.07) is 2.03. The summed E-state index contributed by atoms with van der Waals surface area (Å²) in [5.41, 5.74) is 0. The zero-order chi connectivity index (χ0) is 12.7. The van der Waals surface area contributed by atoms with Crippen LogP contribution in [-0.2, 0) is 14.6 Å². The first-order valence-electron chi connectivity index (χ1n) is 5.61. The van der Waals surface area contributed by atoms with Crippen LogP contribution < -0.4 is 10.6 Å². The van der Waals surface area contributed by atoms with Gasteiger partial charge in [0.05, 0.1) is 30.5 Å². The van der Waals surface area contributed by atoms with Gasteiger partial charge >= 0.3 is 0 Å². The predicted octanol–water partition coefficient (Wildman–Crippen LogP) is -0.817. The van der Waals surface area contributed by atoms with Crippen LogP contribution in [0.25, 0.3) is 0 Å². The van der Waals surface area contributed by atoms with Crippen LogP contribution in [0.5, 0.6) is 0 Å². The minimum absolute atomic E-state index is 0.0974. The monoisotopic (exact) mass is 259 g/mol. The van der Waals surface area contributed by atoms with Crippen molar-refractivity contribution in [1.82, 2.24) is 10.6 Å². The van der Waals surface area contributed by atoms with Crippen molar-refractivity contribution < 1.29 is 13.2 Å². The molecule has 1 amide bonds. The smallest absolute Gasteiger partial charge is 0.233 e. The van der Waals surface area contributed by atoms with Crippen LogP contribution in [0, 0.1) is 11.3 Å². The van der Waals surface area contributed by atoms with Crippen molar-refractivity contribution in [2.45, 2.75) is 25.3 Å². The molecule has 0 aromatic rings. The Bertz CT molecular complexity index is 386. The molecule has 6 nitrogen and oxygen atoms in total. The fourth-order valence-corrected chi connectivity index (χ4v) is 3.14. The molecule has 96 valence electrons. The van der Waals surface area contributed by atoms with Crippen molar-refractivity contribution in [1.29, 1.82) is 5.26 Å². The number of hydrogen-bond acceptors (Lipinski definition) is 5. The highest BCUT2D eigenvalue weighted by atomic mass is 32.2. The summed E-state index contributed by atoms with van der Waals surface area (Å²) in [4.78, 5) is 11.3. The second-order valence-corrected chi connectivity index (χ2v) is 6.37. The van der Waals surface area contributed by atoms with Crippen LogP contribution in [0.4, 0.5) is 0 Å². The van der Waals surface area contributed by atoms with Crippen LogP contribution in [0.2, 0.25) is 0 Å². The van der Waals surface area contributed by atoms with Crippen molar-refractivity contribution >= 4 is 15.7 Å². The Kier molecular flexibility index (Phi) is 5.38. The second-order valence-electron chi connectivity index (χ2n) is 4.07. The molecule has 1 aliphatic heterocycles. The molecule has 1 rings (SSSR count). The van der Waals surface area contributed by atoms with Gasteiger partial charge in [0.2, 0.25) is 5.91 Å². The molecule has 0 atom stereocenters.